The minimum Gasteiger partial charge on any atom is -0.457 e. The molecule has 3 N–H and O–H groups in total. The molecular formula is C22H27N3O2. The number of pyridine rings is 1. The summed E-state index contributed by atoms with van der Waals surface area (Å²) in [4.78, 5) is 12.1. The largest absolute Gasteiger partial charge is 0.457 e. The molecule has 0 aliphatic heterocycles. The lowest BCUT2D eigenvalue weighted by atomic mass is 10.0. The third kappa shape index (κ3) is 4.70. The van der Waals surface area contributed by atoms with Gasteiger partial charge in [-0.15, -0.1) is 0 Å². The highest BCUT2D eigenvalue weighted by atomic mass is 16.5. The van der Waals surface area contributed by atoms with Crippen LogP contribution in [0.25, 0.3) is 11.1 Å². The summed E-state index contributed by atoms with van der Waals surface area (Å²) < 4.78 is 7.60. The monoisotopic (exact) mass is 365 g/mol. The van der Waals surface area contributed by atoms with Crippen molar-refractivity contribution in [3.05, 3.63) is 70.6 Å². The first-order valence-corrected chi connectivity index (χ1v) is 9.01. The number of hydrogen-bond donors (Lipinski definition) is 2. The molecule has 1 aromatic heterocycles. The fraction of sp³-hybridized carbons (Fsp3) is 0.227. The highest BCUT2D eigenvalue weighted by molar-refractivity contribution is 5.76. The van der Waals surface area contributed by atoms with Crippen molar-refractivity contribution >= 4 is 11.4 Å². The van der Waals surface area contributed by atoms with Crippen LogP contribution in [0.5, 0.6) is 11.5 Å². The molecule has 2 aromatic carbocycles. The number of benzene rings is 2. The third-order valence-electron chi connectivity index (χ3n) is 4.02. The first kappa shape index (κ1) is 20.1. The minimum absolute atomic E-state index is 0.0869. The molecule has 3 aromatic rings. The van der Waals surface area contributed by atoms with Crippen LogP contribution in [-0.2, 0) is 7.05 Å². The summed E-state index contributed by atoms with van der Waals surface area (Å²) in [5.41, 5.74) is 9.88. The second-order valence-corrected chi connectivity index (χ2v) is 5.98. The van der Waals surface area contributed by atoms with Gasteiger partial charge in [-0.05, 0) is 43.3 Å². The molecule has 0 aliphatic carbocycles. The first-order chi connectivity index (χ1) is 13.0. The Morgan fingerprint density at radius 2 is 1.70 bits per heavy atom. The van der Waals surface area contributed by atoms with Crippen molar-refractivity contribution in [1.82, 2.24) is 4.57 Å². The number of ether oxygens (including phenoxy) is 1. The van der Waals surface area contributed by atoms with Crippen molar-refractivity contribution in [2.45, 2.75) is 20.8 Å². The van der Waals surface area contributed by atoms with Gasteiger partial charge < -0.3 is 20.4 Å². The number of hydrogen-bond acceptors (Lipinski definition) is 4. The molecule has 0 fully saturated rings. The van der Waals surface area contributed by atoms with E-state index in [1.165, 1.54) is 5.56 Å². The van der Waals surface area contributed by atoms with E-state index in [1.54, 1.807) is 37.0 Å². The SMILES string of the molecule is CC.CNc1cc(-c2cc(N)ccc2Oc2ccc(C)cc2)cn(C)c1=O. The van der Waals surface area contributed by atoms with Crippen LogP contribution in [0.2, 0.25) is 0 Å². The predicted octanol–water partition coefficient (Wildman–Crippen LogP) is 4.80. The molecule has 0 atom stereocenters. The van der Waals surface area contributed by atoms with Crippen molar-refractivity contribution in [2.75, 3.05) is 18.1 Å². The Morgan fingerprint density at radius 1 is 1.04 bits per heavy atom. The Balaban J connectivity index is 0.00000126. The van der Waals surface area contributed by atoms with Crippen LogP contribution in [0.4, 0.5) is 11.4 Å². The van der Waals surface area contributed by atoms with Crippen LogP contribution in [0.3, 0.4) is 0 Å². The van der Waals surface area contributed by atoms with Gasteiger partial charge in [-0.3, -0.25) is 4.79 Å². The minimum atomic E-state index is -0.0869. The number of anilines is 2. The van der Waals surface area contributed by atoms with E-state index in [2.05, 4.69) is 5.32 Å². The van der Waals surface area contributed by atoms with Gasteiger partial charge in [0.05, 0.1) is 0 Å². The van der Waals surface area contributed by atoms with Crippen LogP contribution >= 0.6 is 0 Å². The van der Waals surface area contributed by atoms with Crippen LogP contribution in [0, 0.1) is 6.92 Å². The van der Waals surface area contributed by atoms with E-state index in [0.29, 0.717) is 17.1 Å². The van der Waals surface area contributed by atoms with Crippen LogP contribution < -0.4 is 21.3 Å². The lowest BCUT2D eigenvalue weighted by Crippen LogP contribution is -2.19. The summed E-state index contributed by atoms with van der Waals surface area (Å²) in [6.07, 6.45) is 1.78. The molecule has 142 valence electrons. The second kappa shape index (κ2) is 8.94. The van der Waals surface area contributed by atoms with Crippen molar-refractivity contribution in [3.8, 4) is 22.6 Å². The van der Waals surface area contributed by atoms with Gasteiger partial charge in [-0.25, -0.2) is 0 Å². The molecule has 0 unspecified atom stereocenters. The van der Waals surface area contributed by atoms with Crippen molar-refractivity contribution < 1.29 is 4.74 Å². The number of nitrogens with two attached hydrogens (primary N) is 1. The summed E-state index contributed by atoms with van der Waals surface area (Å²) in [5.74, 6) is 1.43. The summed E-state index contributed by atoms with van der Waals surface area (Å²) in [6, 6.07) is 15.1. The van der Waals surface area contributed by atoms with Gasteiger partial charge in [-0.1, -0.05) is 31.5 Å². The molecule has 0 saturated carbocycles. The van der Waals surface area contributed by atoms with Gasteiger partial charge in [-0.2, -0.15) is 0 Å². The van der Waals surface area contributed by atoms with E-state index in [0.717, 1.165) is 16.9 Å². The molecule has 0 amide bonds. The molecule has 0 bridgehead atoms. The Labute approximate surface area is 160 Å². The van der Waals surface area contributed by atoms with Gasteiger partial charge in [0.1, 0.15) is 17.2 Å². The van der Waals surface area contributed by atoms with Crippen molar-refractivity contribution in [3.63, 3.8) is 0 Å². The maximum atomic E-state index is 12.1. The number of aryl methyl sites for hydroxylation is 2. The van der Waals surface area contributed by atoms with Gasteiger partial charge in [0, 0.05) is 37.1 Å². The zero-order valence-electron chi connectivity index (χ0n) is 16.5. The topological polar surface area (TPSA) is 69.3 Å². The average molecular weight is 365 g/mol. The summed E-state index contributed by atoms with van der Waals surface area (Å²) >= 11 is 0. The normalized spacial score (nSPS) is 9.96. The lowest BCUT2D eigenvalue weighted by Gasteiger charge is -2.14. The zero-order chi connectivity index (χ0) is 20.0. The Morgan fingerprint density at radius 3 is 2.33 bits per heavy atom. The zero-order valence-corrected chi connectivity index (χ0v) is 16.5. The Bertz CT molecular complexity index is 960. The number of aromatic nitrogens is 1. The highest BCUT2D eigenvalue weighted by Crippen LogP contribution is 2.35. The Kier molecular flexibility index (Phi) is 6.66. The van der Waals surface area contributed by atoms with Gasteiger partial charge in [0.25, 0.3) is 5.56 Å². The average Bonchev–Trinajstić information content (AvgIpc) is 2.68. The first-order valence-electron chi connectivity index (χ1n) is 9.01. The maximum absolute atomic E-state index is 12.1. The van der Waals surface area contributed by atoms with Crippen LogP contribution in [0.1, 0.15) is 19.4 Å². The van der Waals surface area contributed by atoms with Crippen molar-refractivity contribution in [2.24, 2.45) is 7.05 Å². The molecule has 0 spiro atoms. The fourth-order valence-corrected chi connectivity index (χ4v) is 2.63. The maximum Gasteiger partial charge on any atom is 0.273 e. The van der Waals surface area contributed by atoms with E-state index >= 15 is 0 Å². The van der Waals surface area contributed by atoms with Crippen LogP contribution in [-0.4, -0.2) is 11.6 Å². The predicted molar refractivity (Wildman–Crippen MR) is 114 cm³/mol. The molecule has 5 heteroatoms. The highest BCUT2D eigenvalue weighted by Gasteiger charge is 2.12. The van der Waals surface area contributed by atoms with Crippen molar-refractivity contribution in [1.29, 1.82) is 0 Å². The summed E-state index contributed by atoms with van der Waals surface area (Å²) in [5, 5.41) is 2.93. The molecule has 1 heterocycles. The summed E-state index contributed by atoms with van der Waals surface area (Å²) in [6.45, 7) is 6.03. The molecule has 3 rings (SSSR count). The molecule has 0 radical (unpaired) electrons. The van der Waals surface area contributed by atoms with Gasteiger partial charge >= 0.3 is 0 Å². The molecule has 0 saturated heterocycles. The fourth-order valence-electron chi connectivity index (χ4n) is 2.63. The second-order valence-electron chi connectivity index (χ2n) is 5.98. The van der Waals surface area contributed by atoms with Gasteiger partial charge in [0.15, 0.2) is 0 Å². The number of rotatable bonds is 4. The molecule has 27 heavy (non-hydrogen) atoms. The standard InChI is InChI=1S/C20H21N3O2.C2H6/c1-13-4-7-16(8-5-13)25-19-9-6-15(21)11-17(19)14-10-18(22-2)20(24)23(3)12-14;1-2/h4-12,22H,21H2,1-3H3;1-2H3. The lowest BCUT2D eigenvalue weighted by molar-refractivity contribution is 0.484. The third-order valence-corrected chi connectivity index (χ3v) is 4.02. The van der Waals surface area contributed by atoms with E-state index in [-0.39, 0.29) is 5.56 Å². The quantitative estimate of drug-likeness (QED) is 0.652. The van der Waals surface area contributed by atoms with Crippen LogP contribution in [0.15, 0.2) is 59.5 Å². The number of nitrogens with zero attached hydrogens (tertiary/aromatic N) is 1. The molecule has 0 aliphatic rings. The van der Waals surface area contributed by atoms with E-state index in [4.69, 9.17) is 10.5 Å². The smallest absolute Gasteiger partial charge is 0.273 e. The van der Waals surface area contributed by atoms with E-state index in [1.807, 2.05) is 57.2 Å². The molecular weight excluding hydrogens is 338 g/mol. The summed E-state index contributed by atoms with van der Waals surface area (Å²) in [7, 11) is 3.45. The van der Waals surface area contributed by atoms with E-state index in [9.17, 15) is 4.79 Å². The molecule has 5 nitrogen and oxygen atoms in total. The number of nitrogen functional groups attached to an aromatic ring is 1. The number of nitrogens with one attached hydrogen (secondary N) is 1. The van der Waals surface area contributed by atoms with E-state index < -0.39 is 0 Å². The van der Waals surface area contributed by atoms with Gasteiger partial charge in [0.2, 0.25) is 0 Å². The Hall–Kier alpha value is -3.21.